The maximum absolute atomic E-state index is 13.0. The topological polar surface area (TPSA) is 35.2 Å². The molecule has 5 heteroatoms. The molecule has 2 rings (SSSR count). The minimum Gasteiger partial charge on any atom is -0.379 e. The van der Waals surface area contributed by atoms with E-state index >= 15 is 0 Å². The van der Waals surface area contributed by atoms with E-state index in [9.17, 15) is 13.2 Å². The van der Waals surface area contributed by atoms with E-state index in [1.54, 1.807) is 6.07 Å². The van der Waals surface area contributed by atoms with Crippen LogP contribution in [0.4, 0.5) is 13.2 Å². The first kappa shape index (κ1) is 18.3. The molecule has 0 bridgehead atoms. The van der Waals surface area contributed by atoms with Crippen molar-refractivity contribution < 1.29 is 17.9 Å². The molecular formula is C18H26F3NO. The summed E-state index contributed by atoms with van der Waals surface area (Å²) in [5.74, 6) is 0. The standard InChI is InChI=1S/C18H26F3NO/c1-13(2)23-11-4-8-16(22)17(9-5-10-17)14-6-3-7-15(12-14)18(19,20)21/h3,6-7,12-13,16H,4-5,8-11,22H2,1-2H3. The van der Waals surface area contributed by atoms with Crippen molar-refractivity contribution in [3.05, 3.63) is 35.4 Å². The highest BCUT2D eigenvalue weighted by Crippen LogP contribution is 2.47. The molecule has 2 nitrogen and oxygen atoms in total. The molecule has 1 unspecified atom stereocenters. The van der Waals surface area contributed by atoms with Crippen LogP contribution >= 0.6 is 0 Å². The lowest BCUT2D eigenvalue weighted by Crippen LogP contribution is -2.50. The average molecular weight is 329 g/mol. The summed E-state index contributed by atoms with van der Waals surface area (Å²) < 4.78 is 44.4. The molecule has 0 amide bonds. The number of benzene rings is 1. The number of halogens is 3. The van der Waals surface area contributed by atoms with Gasteiger partial charge in [0.25, 0.3) is 0 Å². The lowest BCUT2D eigenvalue weighted by molar-refractivity contribution is -0.137. The maximum Gasteiger partial charge on any atom is 0.416 e. The molecule has 1 saturated carbocycles. The van der Waals surface area contributed by atoms with Crippen LogP contribution in [0.15, 0.2) is 24.3 Å². The van der Waals surface area contributed by atoms with Crippen LogP contribution in [0.1, 0.15) is 57.1 Å². The molecule has 23 heavy (non-hydrogen) atoms. The molecule has 1 aliphatic carbocycles. The first-order valence-electron chi connectivity index (χ1n) is 8.30. The largest absolute Gasteiger partial charge is 0.416 e. The van der Waals surface area contributed by atoms with E-state index in [4.69, 9.17) is 10.5 Å². The Hall–Kier alpha value is -1.07. The van der Waals surface area contributed by atoms with Crippen molar-refractivity contribution in [3.8, 4) is 0 Å². The van der Waals surface area contributed by atoms with Crippen LogP contribution in [0.2, 0.25) is 0 Å². The van der Waals surface area contributed by atoms with E-state index in [1.165, 1.54) is 12.1 Å². The van der Waals surface area contributed by atoms with Crippen molar-refractivity contribution in [1.29, 1.82) is 0 Å². The molecule has 0 heterocycles. The van der Waals surface area contributed by atoms with E-state index in [2.05, 4.69) is 0 Å². The van der Waals surface area contributed by atoms with E-state index in [0.717, 1.165) is 43.7 Å². The Labute approximate surface area is 136 Å². The fourth-order valence-electron chi connectivity index (χ4n) is 3.34. The fraction of sp³-hybridized carbons (Fsp3) is 0.667. The zero-order valence-electron chi connectivity index (χ0n) is 13.8. The number of alkyl halides is 3. The van der Waals surface area contributed by atoms with Gasteiger partial charge in [-0.25, -0.2) is 0 Å². The zero-order chi connectivity index (χ0) is 17.1. The molecule has 1 aromatic rings. The Morgan fingerprint density at radius 2 is 1.96 bits per heavy atom. The highest BCUT2D eigenvalue weighted by atomic mass is 19.4. The smallest absolute Gasteiger partial charge is 0.379 e. The summed E-state index contributed by atoms with van der Waals surface area (Å²) in [6.07, 6.45) is 0.222. The van der Waals surface area contributed by atoms with Gasteiger partial charge in [-0.3, -0.25) is 0 Å². The van der Waals surface area contributed by atoms with E-state index < -0.39 is 11.7 Å². The van der Waals surface area contributed by atoms with Crippen molar-refractivity contribution in [2.75, 3.05) is 6.61 Å². The van der Waals surface area contributed by atoms with Crippen LogP contribution in [0, 0.1) is 0 Å². The first-order chi connectivity index (χ1) is 10.8. The summed E-state index contributed by atoms with van der Waals surface area (Å²) in [7, 11) is 0. The highest BCUT2D eigenvalue weighted by Gasteiger charge is 2.44. The number of rotatable bonds is 7. The summed E-state index contributed by atoms with van der Waals surface area (Å²) in [4.78, 5) is 0. The van der Waals surface area contributed by atoms with Gasteiger partial charge >= 0.3 is 6.18 Å². The second-order valence-electron chi connectivity index (χ2n) is 6.76. The molecule has 1 aromatic carbocycles. The molecule has 2 N–H and O–H groups in total. The van der Waals surface area contributed by atoms with Gasteiger partial charge in [-0.15, -0.1) is 0 Å². The van der Waals surface area contributed by atoms with Gasteiger partial charge in [0.2, 0.25) is 0 Å². The first-order valence-corrected chi connectivity index (χ1v) is 8.30. The van der Waals surface area contributed by atoms with Crippen LogP contribution in [0.5, 0.6) is 0 Å². The molecule has 1 aliphatic rings. The Morgan fingerprint density at radius 3 is 2.48 bits per heavy atom. The molecule has 0 radical (unpaired) electrons. The molecule has 0 spiro atoms. The third-order valence-electron chi connectivity index (χ3n) is 4.83. The second-order valence-corrected chi connectivity index (χ2v) is 6.76. The number of hydrogen-bond donors (Lipinski definition) is 1. The van der Waals surface area contributed by atoms with Gasteiger partial charge in [-0.1, -0.05) is 24.6 Å². The summed E-state index contributed by atoms with van der Waals surface area (Å²) >= 11 is 0. The van der Waals surface area contributed by atoms with E-state index in [-0.39, 0.29) is 17.6 Å². The van der Waals surface area contributed by atoms with Gasteiger partial charge < -0.3 is 10.5 Å². The summed E-state index contributed by atoms with van der Waals surface area (Å²) in [6.45, 7) is 4.61. The quantitative estimate of drug-likeness (QED) is 0.739. The van der Waals surface area contributed by atoms with Crippen LogP contribution in [-0.4, -0.2) is 18.8 Å². The normalized spacial score (nSPS) is 18.7. The van der Waals surface area contributed by atoms with Gasteiger partial charge in [0.1, 0.15) is 0 Å². The minimum absolute atomic E-state index is 0.129. The monoisotopic (exact) mass is 329 g/mol. The third-order valence-corrected chi connectivity index (χ3v) is 4.83. The molecule has 0 aliphatic heterocycles. The molecule has 1 atom stereocenters. The van der Waals surface area contributed by atoms with Gasteiger partial charge in [0.15, 0.2) is 0 Å². The molecule has 0 saturated heterocycles. The van der Waals surface area contributed by atoms with Gasteiger partial charge in [0, 0.05) is 18.1 Å². The Bertz CT molecular complexity index is 509. The second kappa shape index (κ2) is 7.22. The van der Waals surface area contributed by atoms with Crippen LogP contribution in [0.3, 0.4) is 0 Å². The lowest BCUT2D eigenvalue weighted by atomic mass is 9.59. The molecular weight excluding hydrogens is 303 g/mol. The average Bonchev–Trinajstić information content (AvgIpc) is 2.42. The molecule has 0 aromatic heterocycles. The summed E-state index contributed by atoms with van der Waals surface area (Å²) in [6, 6.07) is 5.56. The third kappa shape index (κ3) is 4.27. The SMILES string of the molecule is CC(C)OCCCC(N)C1(c2cccc(C(F)(F)F)c2)CCC1. The maximum atomic E-state index is 13.0. The van der Waals surface area contributed by atoms with Crippen LogP contribution < -0.4 is 5.73 Å². The van der Waals surface area contributed by atoms with Crippen molar-refractivity contribution in [2.45, 2.75) is 69.7 Å². The summed E-state index contributed by atoms with van der Waals surface area (Å²) in [5.41, 5.74) is 6.22. The van der Waals surface area contributed by atoms with Crippen molar-refractivity contribution in [2.24, 2.45) is 5.73 Å². The Kier molecular flexibility index (Phi) is 5.74. The minimum atomic E-state index is -4.31. The van der Waals surface area contributed by atoms with Gasteiger partial charge in [0.05, 0.1) is 11.7 Å². The zero-order valence-corrected chi connectivity index (χ0v) is 13.8. The van der Waals surface area contributed by atoms with E-state index in [1.807, 2.05) is 13.8 Å². The van der Waals surface area contributed by atoms with Crippen molar-refractivity contribution in [3.63, 3.8) is 0 Å². The van der Waals surface area contributed by atoms with Crippen LogP contribution in [0.25, 0.3) is 0 Å². The van der Waals surface area contributed by atoms with Gasteiger partial charge in [-0.05, 0) is 51.2 Å². The Balaban J connectivity index is 2.08. The summed E-state index contributed by atoms with van der Waals surface area (Å²) in [5, 5.41) is 0. The van der Waals surface area contributed by atoms with Crippen molar-refractivity contribution >= 4 is 0 Å². The molecule has 1 fully saturated rings. The van der Waals surface area contributed by atoms with E-state index in [0.29, 0.717) is 6.61 Å². The number of hydrogen-bond acceptors (Lipinski definition) is 2. The van der Waals surface area contributed by atoms with Crippen LogP contribution in [-0.2, 0) is 16.3 Å². The number of nitrogens with two attached hydrogens (primary N) is 1. The van der Waals surface area contributed by atoms with Crippen molar-refractivity contribution in [1.82, 2.24) is 0 Å². The number of ether oxygens (including phenoxy) is 1. The predicted octanol–water partition coefficient (Wildman–Crippen LogP) is 4.66. The Morgan fingerprint density at radius 1 is 1.26 bits per heavy atom. The van der Waals surface area contributed by atoms with Gasteiger partial charge in [-0.2, -0.15) is 13.2 Å². The lowest BCUT2D eigenvalue weighted by Gasteiger charge is -2.47. The predicted molar refractivity (Wildman–Crippen MR) is 85.3 cm³/mol. The highest BCUT2D eigenvalue weighted by molar-refractivity contribution is 5.35. The molecule has 130 valence electrons. The fourth-order valence-corrected chi connectivity index (χ4v) is 3.34.